The Hall–Kier alpha value is -2.66. The summed E-state index contributed by atoms with van der Waals surface area (Å²) in [6.45, 7) is 7.65. The van der Waals surface area contributed by atoms with E-state index in [1.54, 1.807) is 0 Å². The molecule has 2 aromatic carbocycles. The highest BCUT2D eigenvalue weighted by Gasteiger charge is 2.25. The van der Waals surface area contributed by atoms with Crippen molar-refractivity contribution in [1.29, 1.82) is 0 Å². The minimum absolute atomic E-state index is 0.0919. The molecule has 0 saturated carbocycles. The van der Waals surface area contributed by atoms with E-state index in [1.807, 2.05) is 50.2 Å². The first kappa shape index (κ1) is 23.0. The lowest BCUT2D eigenvalue weighted by atomic mass is 9.97. The number of hydrogen-bond acceptors (Lipinski definition) is 3. The predicted octanol–water partition coefficient (Wildman–Crippen LogP) is 3.92. The Morgan fingerprint density at radius 1 is 1.03 bits per heavy atom. The molecule has 166 valence electrons. The molecule has 2 amide bonds. The number of carbonyl (C=O) groups is 2. The van der Waals surface area contributed by atoms with Gasteiger partial charge in [-0.2, -0.15) is 0 Å². The number of hydrogen-bond donors (Lipinski definition) is 2. The zero-order valence-electron chi connectivity index (χ0n) is 18.7. The summed E-state index contributed by atoms with van der Waals surface area (Å²) < 4.78 is 0. The number of benzene rings is 2. The number of piperidine rings is 1. The molecule has 1 heterocycles. The molecule has 1 fully saturated rings. The monoisotopic (exact) mass is 421 g/mol. The van der Waals surface area contributed by atoms with Gasteiger partial charge in [-0.3, -0.25) is 14.5 Å². The SMILES string of the molecule is CC(C)CC(=O)NC(C(=O)NCC1CCCN(Cc2ccccc2)C1)c1ccccc1. The third kappa shape index (κ3) is 7.51. The van der Waals surface area contributed by atoms with Crippen molar-refractivity contribution in [2.75, 3.05) is 19.6 Å². The van der Waals surface area contributed by atoms with Gasteiger partial charge >= 0.3 is 0 Å². The van der Waals surface area contributed by atoms with Crippen LogP contribution in [-0.4, -0.2) is 36.3 Å². The van der Waals surface area contributed by atoms with Gasteiger partial charge in [0.15, 0.2) is 0 Å². The largest absolute Gasteiger partial charge is 0.354 e. The van der Waals surface area contributed by atoms with E-state index >= 15 is 0 Å². The molecule has 1 aliphatic rings. The first-order chi connectivity index (χ1) is 15.0. The van der Waals surface area contributed by atoms with E-state index in [2.05, 4.69) is 39.8 Å². The maximum absolute atomic E-state index is 13.0. The van der Waals surface area contributed by atoms with Gasteiger partial charge in [0.05, 0.1) is 0 Å². The summed E-state index contributed by atoms with van der Waals surface area (Å²) in [7, 11) is 0. The molecule has 0 aromatic heterocycles. The van der Waals surface area contributed by atoms with Crippen molar-refractivity contribution in [3.63, 3.8) is 0 Å². The Morgan fingerprint density at radius 2 is 1.71 bits per heavy atom. The molecule has 0 spiro atoms. The molecule has 5 heteroatoms. The Labute approximate surface area is 186 Å². The smallest absolute Gasteiger partial charge is 0.247 e. The average Bonchev–Trinajstić information content (AvgIpc) is 2.77. The molecule has 3 rings (SSSR count). The molecular formula is C26H35N3O2. The van der Waals surface area contributed by atoms with E-state index in [9.17, 15) is 9.59 Å². The summed E-state index contributed by atoms with van der Waals surface area (Å²) in [5.74, 6) is 0.440. The number of carbonyl (C=O) groups excluding carboxylic acids is 2. The Balaban J connectivity index is 1.56. The van der Waals surface area contributed by atoms with Crippen molar-refractivity contribution in [3.8, 4) is 0 Å². The first-order valence-electron chi connectivity index (χ1n) is 11.4. The molecule has 2 N–H and O–H groups in total. The number of nitrogens with zero attached hydrogens (tertiary/aromatic N) is 1. The van der Waals surface area contributed by atoms with Crippen LogP contribution in [0.15, 0.2) is 60.7 Å². The average molecular weight is 422 g/mol. The van der Waals surface area contributed by atoms with Gasteiger partial charge in [-0.25, -0.2) is 0 Å². The molecule has 1 saturated heterocycles. The summed E-state index contributed by atoms with van der Waals surface area (Å²) in [6, 6.07) is 19.4. The number of amides is 2. The van der Waals surface area contributed by atoms with Gasteiger partial charge in [0, 0.05) is 26.1 Å². The molecule has 1 aliphatic heterocycles. The van der Waals surface area contributed by atoms with Crippen LogP contribution in [0.1, 0.15) is 50.3 Å². The van der Waals surface area contributed by atoms with E-state index in [4.69, 9.17) is 0 Å². The van der Waals surface area contributed by atoms with Crippen LogP contribution < -0.4 is 10.6 Å². The van der Waals surface area contributed by atoms with Gasteiger partial charge < -0.3 is 10.6 Å². The maximum atomic E-state index is 13.0. The number of likely N-dealkylation sites (tertiary alicyclic amines) is 1. The molecule has 2 unspecified atom stereocenters. The highest BCUT2D eigenvalue weighted by molar-refractivity contribution is 5.88. The third-order valence-corrected chi connectivity index (χ3v) is 5.71. The van der Waals surface area contributed by atoms with Crippen LogP contribution in [0.2, 0.25) is 0 Å². The van der Waals surface area contributed by atoms with Crippen LogP contribution in [0.5, 0.6) is 0 Å². The molecule has 2 atom stereocenters. The van der Waals surface area contributed by atoms with Gasteiger partial charge in [0.1, 0.15) is 6.04 Å². The quantitative estimate of drug-likeness (QED) is 0.645. The molecule has 5 nitrogen and oxygen atoms in total. The van der Waals surface area contributed by atoms with Crippen LogP contribution in [0.4, 0.5) is 0 Å². The molecule has 31 heavy (non-hydrogen) atoms. The maximum Gasteiger partial charge on any atom is 0.247 e. The van der Waals surface area contributed by atoms with Crippen LogP contribution in [0, 0.1) is 11.8 Å². The third-order valence-electron chi connectivity index (χ3n) is 5.71. The van der Waals surface area contributed by atoms with E-state index in [0.29, 0.717) is 18.9 Å². The van der Waals surface area contributed by atoms with Gasteiger partial charge in [-0.15, -0.1) is 0 Å². The second kappa shape index (κ2) is 11.7. The van der Waals surface area contributed by atoms with E-state index in [0.717, 1.165) is 38.0 Å². The van der Waals surface area contributed by atoms with Gasteiger partial charge in [-0.1, -0.05) is 74.5 Å². The van der Waals surface area contributed by atoms with Crippen molar-refractivity contribution in [2.24, 2.45) is 11.8 Å². The molecule has 0 bridgehead atoms. The van der Waals surface area contributed by atoms with Crippen LogP contribution in [-0.2, 0) is 16.1 Å². The van der Waals surface area contributed by atoms with E-state index in [-0.39, 0.29) is 17.7 Å². The topological polar surface area (TPSA) is 61.4 Å². The van der Waals surface area contributed by atoms with E-state index < -0.39 is 6.04 Å². The van der Waals surface area contributed by atoms with Gasteiger partial charge in [0.2, 0.25) is 11.8 Å². The minimum atomic E-state index is -0.656. The highest BCUT2D eigenvalue weighted by Crippen LogP contribution is 2.19. The van der Waals surface area contributed by atoms with Crippen molar-refractivity contribution in [3.05, 3.63) is 71.8 Å². The fourth-order valence-electron chi connectivity index (χ4n) is 4.19. The summed E-state index contributed by atoms with van der Waals surface area (Å²) in [4.78, 5) is 27.9. The zero-order valence-corrected chi connectivity index (χ0v) is 18.7. The molecular weight excluding hydrogens is 386 g/mol. The normalized spacial score (nSPS) is 17.8. The van der Waals surface area contributed by atoms with Crippen molar-refractivity contribution >= 4 is 11.8 Å². The lowest BCUT2D eigenvalue weighted by Crippen LogP contribution is -2.45. The second-order valence-corrected chi connectivity index (χ2v) is 8.98. The summed E-state index contributed by atoms with van der Waals surface area (Å²) in [6.07, 6.45) is 2.66. The molecule has 2 aromatic rings. The summed E-state index contributed by atoms with van der Waals surface area (Å²) in [5.41, 5.74) is 2.13. The number of nitrogens with one attached hydrogen (secondary N) is 2. The highest BCUT2D eigenvalue weighted by atomic mass is 16.2. The standard InChI is InChI=1S/C26H35N3O2/c1-20(2)16-24(30)28-25(23-13-7-4-8-14-23)26(31)27-17-22-12-9-15-29(19-22)18-21-10-5-3-6-11-21/h3-8,10-11,13-14,20,22,25H,9,12,15-19H2,1-2H3,(H,27,31)(H,28,30). The first-order valence-corrected chi connectivity index (χ1v) is 11.4. The lowest BCUT2D eigenvalue weighted by Gasteiger charge is -2.33. The van der Waals surface area contributed by atoms with Gasteiger partial charge in [-0.05, 0) is 42.3 Å². The molecule has 0 aliphatic carbocycles. The minimum Gasteiger partial charge on any atom is -0.354 e. The van der Waals surface area contributed by atoms with E-state index in [1.165, 1.54) is 5.56 Å². The van der Waals surface area contributed by atoms with Crippen LogP contribution in [0.25, 0.3) is 0 Å². The predicted molar refractivity (Wildman–Crippen MR) is 124 cm³/mol. The fraction of sp³-hybridized carbons (Fsp3) is 0.462. The van der Waals surface area contributed by atoms with Crippen molar-refractivity contribution < 1.29 is 9.59 Å². The van der Waals surface area contributed by atoms with Crippen LogP contribution in [0.3, 0.4) is 0 Å². The Bertz CT molecular complexity index is 823. The molecule has 0 radical (unpaired) electrons. The Morgan fingerprint density at radius 3 is 2.39 bits per heavy atom. The zero-order chi connectivity index (χ0) is 22.1. The van der Waals surface area contributed by atoms with Gasteiger partial charge in [0.25, 0.3) is 0 Å². The van der Waals surface area contributed by atoms with Crippen LogP contribution >= 0.6 is 0 Å². The Kier molecular flexibility index (Phi) is 8.65. The second-order valence-electron chi connectivity index (χ2n) is 8.98. The van der Waals surface area contributed by atoms with Crippen molar-refractivity contribution in [1.82, 2.24) is 15.5 Å². The lowest BCUT2D eigenvalue weighted by molar-refractivity contribution is -0.129. The number of rotatable bonds is 9. The summed E-state index contributed by atoms with van der Waals surface area (Å²) in [5, 5.41) is 6.05. The summed E-state index contributed by atoms with van der Waals surface area (Å²) >= 11 is 0. The van der Waals surface area contributed by atoms with Crippen molar-refractivity contribution in [2.45, 2.75) is 45.7 Å². The fourth-order valence-corrected chi connectivity index (χ4v) is 4.19.